The number of nitrogens with one attached hydrogen (secondary N) is 1. The Balaban J connectivity index is 3.04. The average molecular weight is 266 g/mol. The zero-order valence-corrected chi connectivity index (χ0v) is 10.5. The average Bonchev–Trinajstić information content (AvgIpc) is 2.19. The Bertz CT molecular complexity index is 377. The van der Waals surface area contributed by atoms with Crippen LogP contribution in [0, 0.1) is 0 Å². The van der Waals surface area contributed by atoms with Gasteiger partial charge in [0.1, 0.15) is 0 Å². The van der Waals surface area contributed by atoms with E-state index in [1.807, 2.05) is 13.8 Å². The standard InChI is InChI=1S/C12H15ClF3N/c1-3-5-8(2)17-11-9(12(14,15)16)6-4-7-10(11)13/h4,6-8,17H,3,5H2,1-2H3. The van der Waals surface area contributed by atoms with Crippen molar-refractivity contribution < 1.29 is 13.2 Å². The van der Waals surface area contributed by atoms with Crippen molar-refractivity contribution >= 4 is 17.3 Å². The normalized spacial score (nSPS) is 13.5. The molecular formula is C12H15ClF3N. The van der Waals surface area contributed by atoms with E-state index in [-0.39, 0.29) is 16.8 Å². The number of para-hydroxylation sites is 1. The van der Waals surface area contributed by atoms with E-state index in [0.717, 1.165) is 18.9 Å². The van der Waals surface area contributed by atoms with Gasteiger partial charge < -0.3 is 5.32 Å². The summed E-state index contributed by atoms with van der Waals surface area (Å²) in [5.41, 5.74) is -0.740. The second-order valence-corrected chi connectivity index (χ2v) is 4.40. The smallest absolute Gasteiger partial charge is 0.381 e. The SMILES string of the molecule is CCCC(C)Nc1c(Cl)cccc1C(F)(F)F. The van der Waals surface area contributed by atoms with Crippen LogP contribution < -0.4 is 5.32 Å². The molecule has 1 aromatic carbocycles. The zero-order valence-electron chi connectivity index (χ0n) is 9.74. The van der Waals surface area contributed by atoms with Crippen LogP contribution in [-0.2, 0) is 6.18 Å². The van der Waals surface area contributed by atoms with Gasteiger partial charge >= 0.3 is 6.18 Å². The minimum Gasteiger partial charge on any atom is -0.381 e. The number of rotatable bonds is 4. The summed E-state index contributed by atoms with van der Waals surface area (Å²) in [6.07, 6.45) is -2.69. The minimum absolute atomic E-state index is 0.0254. The van der Waals surface area contributed by atoms with Crippen LogP contribution in [0.5, 0.6) is 0 Å². The Morgan fingerprint density at radius 2 is 2.00 bits per heavy atom. The molecular weight excluding hydrogens is 251 g/mol. The van der Waals surface area contributed by atoms with Crippen LogP contribution in [0.15, 0.2) is 18.2 Å². The topological polar surface area (TPSA) is 12.0 Å². The fraction of sp³-hybridized carbons (Fsp3) is 0.500. The van der Waals surface area contributed by atoms with Crippen molar-refractivity contribution in [2.24, 2.45) is 0 Å². The highest BCUT2D eigenvalue weighted by Crippen LogP contribution is 2.38. The van der Waals surface area contributed by atoms with Gasteiger partial charge in [0.05, 0.1) is 16.3 Å². The Morgan fingerprint density at radius 1 is 1.35 bits per heavy atom. The maximum atomic E-state index is 12.8. The van der Waals surface area contributed by atoms with Gasteiger partial charge in [0, 0.05) is 6.04 Å². The lowest BCUT2D eigenvalue weighted by atomic mass is 10.1. The fourth-order valence-corrected chi connectivity index (χ4v) is 1.89. The molecule has 1 nitrogen and oxygen atoms in total. The molecule has 1 N–H and O–H groups in total. The molecule has 0 radical (unpaired) electrons. The molecule has 0 saturated carbocycles. The summed E-state index contributed by atoms with van der Waals surface area (Å²) in [6, 6.07) is 3.76. The first-order valence-corrected chi connectivity index (χ1v) is 5.86. The highest BCUT2D eigenvalue weighted by atomic mass is 35.5. The van der Waals surface area contributed by atoms with Gasteiger partial charge in [0.15, 0.2) is 0 Å². The van der Waals surface area contributed by atoms with Gasteiger partial charge in [-0.15, -0.1) is 0 Å². The summed E-state index contributed by atoms with van der Waals surface area (Å²) >= 11 is 5.82. The lowest BCUT2D eigenvalue weighted by molar-refractivity contribution is -0.137. The first-order valence-electron chi connectivity index (χ1n) is 5.48. The third-order valence-corrected chi connectivity index (χ3v) is 2.75. The fourth-order valence-electron chi connectivity index (χ4n) is 1.66. The molecule has 0 heterocycles. The van der Waals surface area contributed by atoms with Crippen molar-refractivity contribution in [3.05, 3.63) is 28.8 Å². The Hall–Kier alpha value is -0.900. The number of halogens is 4. The maximum absolute atomic E-state index is 12.8. The number of hydrogen-bond donors (Lipinski definition) is 1. The molecule has 0 fully saturated rings. The third kappa shape index (κ3) is 3.80. The molecule has 0 spiro atoms. The van der Waals surface area contributed by atoms with E-state index >= 15 is 0 Å². The highest BCUT2D eigenvalue weighted by molar-refractivity contribution is 6.33. The van der Waals surface area contributed by atoms with Crippen LogP contribution in [0.3, 0.4) is 0 Å². The molecule has 0 bridgehead atoms. The molecule has 1 aromatic rings. The van der Waals surface area contributed by atoms with Crippen molar-refractivity contribution in [2.75, 3.05) is 5.32 Å². The number of benzene rings is 1. The van der Waals surface area contributed by atoms with Crippen molar-refractivity contribution in [2.45, 2.75) is 38.9 Å². The molecule has 0 aliphatic rings. The van der Waals surface area contributed by atoms with Gasteiger partial charge in [-0.05, 0) is 25.5 Å². The number of anilines is 1. The van der Waals surface area contributed by atoms with Gasteiger partial charge in [-0.3, -0.25) is 0 Å². The number of alkyl halides is 3. The van der Waals surface area contributed by atoms with E-state index < -0.39 is 11.7 Å². The Kier molecular flexibility index (Phi) is 4.69. The summed E-state index contributed by atoms with van der Waals surface area (Å²) in [4.78, 5) is 0. The maximum Gasteiger partial charge on any atom is 0.418 e. The highest BCUT2D eigenvalue weighted by Gasteiger charge is 2.34. The summed E-state index contributed by atoms with van der Waals surface area (Å²) in [7, 11) is 0. The molecule has 0 aliphatic carbocycles. The summed E-state index contributed by atoms with van der Waals surface area (Å²) in [6.45, 7) is 3.82. The van der Waals surface area contributed by atoms with E-state index in [2.05, 4.69) is 5.32 Å². The quantitative estimate of drug-likeness (QED) is 0.811. The number of hydrogen-bond acceptors (Lipinski definition) is 1. The van der Waals surface area contributed by atoms with Crippen molar-refractivity contribution in [3.63, 3.8) is 0 Å². The van der Waals surface area contributed by atoms with Crippen LogP contribution in [0.4, 0.5) is 18.9 Å². The van der Waals surface area contributed by atoms with Gasteiger partial charge in [-0.1, -0.05) is 31.0 Å². The molecule has 0 aromatic heterocycles. The molecule has 0 saturated heterocycles. The van der Waals surface area contributed by atoms with Crippen LogP contribution in [-0.4, -0.2) is 6.04 Å². The van der Waals surface area contributed by atoms with Crippen molar-refractivity contribution in [3.8, 4) is 0 Å². The molecule has 5 heteroatoms. The van der Waals surface area contributed by atoms with Gasteiger partial charge in [0.25, 0.3) is 0 Å². The largest absolute Gasteiger partial charge is 0.418 e. The molecule has 17 heavy (non-hydrogen) atoms. The first-order chi connectivity index (χ1) is 7.86. The Labute approximate surface area is 104 Å². The van der Waals surface area contributed by atoms with Crippen LogP contribution in [0.1, 0.15) is 32.3 Å². The van der Waals surface area contributed by atoms with E-state index in [4.69, 9.17) is 11.6 Å². The second kappa shape index (κ2) is 5.63. The lowest BCUT2D eigenvalue weighted by Crippen LogP contribution is -2.18. The molecule has 0 aliphatic heterocycles. The minimum atomic E-state index is -4.39. The van der Waals surface area contributed by atoms with E-state index in [9.17, 15) is 13.2 Å². The first kappa shape index (κ1) is 14.2. The van der Waals surface area contributed by atoms with Crippen molar-refractivity contribution in [1.29, 1.82) is 0 Å². The van der Waals surface area contributed by atoms with Crippen LogP contribution in [0.2, 0.25) is 5.02 Å². The summed E-state index contributed by atoms with van der Waals surface area (Å²) in [5.74, 6) is 0. The third-order valence-electron chi connectivity index (χ3n) is 2.43. The molecule has 0 amide bonds. The second-order valence-electron chi connectivity index (χ2n) is 3.99. The van der Waals surface area contributed by atoms with Crippen LogP contribution in [0.25, 0.3) is 0 Å². The monoisotopic (exact) mass is 265 g/mol. The van der Waals surface area contributed by atoms with Gasteiger partial charge in [0.2, 0.25) is 0 Å². The van der Waals surface area contributed by atoms with E-state index in [1.54, 1.807) is 0 Å². The van der Waals surface area contributed by atoms with Gasteiger partial charge in [-0.25, -0.2) is 0 Å². The molecule has 1 atom stereocenters. The van der Waals surface area contributed by atoms with E-state index in [1.165, 1.54) is 12.1 Å². The van der Waals surface area contributed by atoms with Crippen LogP contribution >= 0.6 is 11.6 Å². The van der Waals surface area contributed by atoms with Gasteiger partial charge in [-0.2, -0.15) is 13.2 Å². The molecule has 1 unspecified atom stereocenters. The predicted molar refractivity (Wildman–Crippen MR) is 64.4 cm³/mol. The summed E-state index contributed by atoms with van der Waals surface area (Å²) in [5, 5.41) is 2.93. The van der Waals surface area contributed by atoms with E-state index in [0.29, 0.717) is 0 Å². The summed E-state index contributed by atoms with van der Waals surface area (Å²) < 4.78 is 38.3. The Morgan fingerprint density at radius 3 is 2.53 bits per heavy atom. The predicted octanol–water partition coefficient (Wildman–Crippen LogP) is 4.96. The lowest BCUT2D eigenvalue weighted by Gasteiger charge is -2.20. The molecule has 1 rings (SSSR count). The molecule has 96 valence electrons. The zero-order chi connectivity index (χ0) is 13.1. The van der Waals surface area contributed by atoms with Crippen molar-refractivity contribution in [1.82, 2.24) is 0 Å².